The summed E-state index contributed by atoms with van der Waals surface area (Å²) in [6.07, 6.45) is 26.2. The fourth-order valence-electron chi connectivity index (χ4n) is 1.79. The number of unbranched alkanes of at least 4 members (excludes halogenated alkanes) is 5. The number of aliphatic carboxylic acids is 1. The zero-order valence-corrected chi connectivity index (χ0v) is 13.3. The van der Waals surface area contributed by atoms with Crippen molar-refractivity contribution in [3.8, 4) is 0 Å². The van der Waals surface area contributed by atoms with Gasteiger partial charge in [0, 0.05) is 6.08 Å². The van der Waals surface area contributed by atoms with Crippen molar-refractivity contribution in [3.63, 3.8) is 0 Å². The van der Waals surface area contributed by atoms with Gasteiger partial charge in [0.15, 0.2) is 0 Å². The summed E-state index contributed by atoms with van der Waals surface area (Å²) in [5.41, 5.74) is 0. The molecule has 1 N–H and O–H groups in total. The maximum absolute atomic E-state index is 10.2. The van der Waals surface area contributed by atoms with Crippen LogP contribution in [-0.4, -0.2) is 11.1 Å². The van der Waals surface area contributed by atoms with Gasteiger partial charge in [-0.15, -0.1) is 0 Å². The third-order valence-electron chi connectivity index (χ3n) is 2.98. The second-order valence-corrected chi connectivity index (χ2v) is 5.03. The van der Waals surface area contributed by atoms with Gasteiger partial charge < -0.3 is 5.11 Å². The Morgan fingerprint density at radius 3 is 1.48 bits per heavy atom. The fraction of sp³-hybridized carbons (Fsp3) is 0.526. The minimum Gasteiger partial charge on any atom is -0.478 e. The van der Waals surface area contributed by atoms with Gasteiger partial charge in [0.25, 0.3) is 0 Å². The molecule has 0 aromatic carbocycles. The topological polar surface area (TPSA) is 37.3 Å². The molecule has 0 aliphatic rings. The normalized spacial score (nSPS) is 12.4. The average Bonchev–Trinajstić information content (AvgIpc) is 2.46. The third kappa shape index (κ3) is 18.4. The van der Waals surface area contributed by atoms with Crippen LogP contribution in [-0.2, 0) is 4.79 Å². The highest BCUT2D eigenvalue weighted by Gasteiger charge is 1.84. The first-order chi connectivity index (χ1) is 10.3. The maximum atomic E-state index is 10.2. The zero-order valence-electron chi connectivity index (χ0n) is 13.3. The van der Waals surface area contributed by atoms with E-state index in [1.807, 2.05) is 0 Å². The lowest BCUT2D eigenvalue weighted by Crippen LogP contribution is -1.85. The van der Waals surface area contributed by atoms with Crippen molar-refractivity contribution in [1.82, 2.24) is 0 Å². The molecule has 0 spiro atoms. The summed E-state index contributed by atoms with van der Waals surface area (Å²) in [5.74, 6) is -0.871. The summed E-state index contributed by atoms with van der Waals surface area (Å²) in [5, 5.41) is 8.41. The van der Waals surface area contributed by atoms with Gasteiger partial charge in [-0.25, -0.2) is 4.79 Å². The molecule has 0 unspecified atom stereocenters. The summed E-state index contributed by atoms with van der Waals surface area (Å²) in [7, 11) is 0. The first-order valence-electron chi connectivity index (χ1n) is 8.11. The Bertz CT molecular complexity index is 349. The van der Waals surface area contributed by atoms with Gasteiger partial charge in [-0.1, -0.05) is 62.3 Å². The monoisotopic (exact) mass is 290 g/mol. The molecule has 0 amide bonds. The zero-order chi connectivity index (χ0) is 15.6. The van der Waals surface area contributed by atoms with Gasteiger partial charge in [-0.2, -0.15) is 0 Å². The van der Waals surface area contributed by atoms with Crippen LogP contribution in [0.3, 0.4) is 0 Å². The third-order valence-corrected chi connectivity index (χ3v) is 2.98. The highest BCUT2D eigenvalue weighted by atomic mass is 16.4. The Labute approximate surface area is 130 Å². The molecule has 0 atom stereocenters. The second-order valence-electron chi connectivity index (χ2n) is 5.03. The quantitative estimate of drug-likeness (QED) is 0.263. The van der Waals surface area contributed by atoms with Crippen molar-refractivity contribution >= 4 is 5.97 Å². The summed E-state index contributed by atoms with van der Waals surface area (Å²) in [4.78, 5) is 10.2. The van der Waals surface area contributed by atoms with Gasteiger partial charge in [0.2, 0.25) is 0 Å². The molecule has 0 radical (unpaired) electrons. The van der Waals surface area contributed by atoms with Gasteiger partial charge in [0.1, 0.15) is 0 Å². The highest BCUT2D eigenvalue weighted by molar-refractivity contribution is 5.79. The lowest BCUT2D eigenvalue weighted by molar-refractivity contribution is -0.131. The molecule has 0 aliphatic heterocycles. The smallest absolute Gasteiger partial charge is 0.327 e. The van der Waals surface area contributed by atoms with E-state index in [9.17, 15) is 4.79 Å². The van der Waals surface area contributed by atoms with Crippen LogP contribution in [0.2, 0.25) is 0 Å². The summed E-state index contributed by atoms with van der Waals surface area (Å²) >= 11 is 0. The van der Waals surface area contributed by atoms with E-state index in [1.165, 1.54) is 25.3 Å². The van der Waals surface area contributed by atoms with E-state index in [0.717, 1.165) is 38.5 Å². The molecular formula is C19H30O2. The second kappa shape index (κ2) is 16.5. The van der Waals surface area contributed by atoms with E-state index >= 15 is 0 Å². The Morgan fingerprint density at radius 1 is 0.714 bits per heavy atom. The summed E-state index contributed by atoms with van der Waals surface area (Å²) in [6, 6.07) is 0. The molecule has 0 saturated heterocycles. The van der Waals surface area contributed by atoms with Crippen molar-refractivity contribution in [2.45, 2.75) is 64.7 Å². The van der Waals surface area contributed by atoms with Crippen LogP contribution < -0.4 is 0 Å². The van der Waals surface area contributed by atoms with Crippen LogP contribution in [0.5, 0.6) is 0 Å². The van der Waals surface area contributed by atoms with E-state index in [1.54, 1.807) is 6.08 Å². The predicted octanol–water partition coefficient (Wildman–Crippen LogP) is 5.83. The van der Waals surface area contributed by atoms with Gasteiger partial charge in [-0.05, 0) is 44.9 Å². The van der Waals surface area contributed by atoms with Crippen LogP contribution in [0.4, 0.5) is 0 Å². The number of carboxylic acids is 1. The molecule has 0 fully saturated rings. The van der Waals surface area contributed by atoms with E-state index in [2.05, 4.69) is 43.4 Å². The Balaban J connectivity index is 3.35. The van der Waals surface area contributed by atoms with Crippen molar-refractivity contribution in [2.24, 2.45) is 0 Å². The maximum Gasteiger partial charge on any atom is 0.327 e. The lowest BCUT2D eigenvalue weighted by Gasteiger charge is -1.90. The molecule has 0 aromatic heterocycles. The molecule has 2 heteroatoms. The highest BCUT2D eigenvalue weighted by Crippen LogP contribution is 2.01. The molecule has 2 nitrogen and oxygen atoms in total. The average molecular weight is 290 g/mol. The number of rotatable bonds is 13. The first kappa shape index (κ1) is 19.4. The van der Waals surface area contributed by atoms with Gasteiger partial charge in [-0.3, -0.25) is 0 Å². The van der Waals surface area contributed by atoms with Crippen molar-refractivity contribution in [2.75, 3.05) is 0 Å². The van der Waals surface area contributed by atoms with E-state index in [0.29, 0.717) is 0 Å². The molecule has 0 heterocycles. The minimum absolute atomic E-state index is 0.795. The van der Waals surface area contributed by atoms with Crippen LogP contribution in [0.15, 0.2) is 48.6 Å². The van der Waals surface area contributed by atoms with E-state index in [-0.39, 0.29) is 0 Å². The Kier molecular flexibility index (Phi) is 15.3. The predicted molar refractivity (Wildman–Crippen MR) is 91.4 cm³/mol. The number of carbonyl (C=O) groups is 1. The van der Waals surface area contributed by atoms with E-state index in [4.69, 9.17) is 5.11 Å². The molecule has 0 aliphatic carbocycles. The largest absolute Gasteiger partial charge is 0.478 e. The molecule has 0 aromatic rings. The fourth-order valence-corrected chi connectivity index (χ4v) is 1.79. The molecule has 0 bridgehead atoms. The molecule has 21 heavy (non-hydrogen) atoms. The molecule has 0 saturated carbocycles. The minimum atomic E-state index is -0.871. The van der Waals surface area contributed by atoms with Crippen LogP contribution in [0.25, 0.3) is 0 Å². The number of carboxylic acid groups (broad SMARTS) is 1. The number of hydrogen-bond acceptors (Lipinski definition) is 1. The van der Waals surface area contributed by atoms with Gasteiger partial charge >= 0.3 is 5.97 Å². The standard InChI is InChI=1S/C19H30O2/c1-2-3-4-5-6-7-8-9-10-11-12-13-14-15-16-17-18-19(20)21/h5-6,9-10,13-14,17-18H,2-4,7-8,11-12,15-16H2,1H3,(H,20,21)/b6-5+,10-9+,14-13+,18-17+. The Hall–Kier alpha value is -1.57. The summed E-state index contributed by atoms with van der Waals surface area (Å²) < 4.78 is 0. The van der Waals surface area contributed by atoms with Crippen LogP contribution in [0.1, 0.15) is 64.7 Å². The SMILES string of the molecule is CCCC/C=C/CC/C=C/CC/C=C/CC/C=C/C(=O)O. The lowest BCUT2D eigenvalue weighted by atomic mass is 10.2. The Morgan fingerprint density at radius 2 is 1.10 bits per heavy atom. The van der Waals surface area contributed by atoms with Crippen molar-refractivity contribution in [3.05, 3.63) is 48.6 Å². The first-order valence-corrected chi connectivity index (χ1v) is 8.11. The van der Waals surface area contributed by atoms with E-state index < -0.39 is 5.97 Å². The van der Waals surface area contributed by atoms with Crippen LogP contribution in [0, 0.1) is 0 Å². The number of hydrogen-bond donors (Lipinski definition) is 1. The van der Waals surface area contributed by atoms with Crippen molar-refractivity contribution in [1.29, 1.82) is 0 Å². The van der Waals surface area contributed by atoms with Crippen LogP contribution >= 0.6 is 0 Å². The summed E-state index contributed by atoms with van der Waals surface area (Å²) in [6.45, 7) is 2.22. The van der Waals surface area contributed by atoms with Gasteiger partial charge in [0.05, 0.1) is 0 Å². The van der Waals surface area contributed by atoms with Crippen molar-refractivity contribution < 1.29 is 9.90 Å². The molecular weight excluding hydrogens is 260 g/mol. The number of allylic oxidation sites excluding steroid dienone is 7. The molecule has 118 valence electrons. The molecule has 0 rings (SSSR count).